The fraction of sp³-hybridized carbons (Fsp3) is 0.500. The fourth-order valence-corrected chi connectivity index (χ4v) is 0.708. The number of ether oxygens (including phenoxy) is 1. The van der Waals surface area contributed by atoms with E-state index in [0.717, 1.165) is 0 Å². The zero-order valence-electron chi connectivity index (χ0n) is 5.51. The molecule has 0 spiro atoms. The minimum atomic E-state index is -1.26. The number of carbonyl (C=O) groups excluding carboxylic acids is 2. The van der Waals surface area contributed by atoms with Crippen LogP contribution in [0.1, 0.15) is 6.92 Å². The second kappa shape index (κ2) is 1.98. The van der Waals surface area contributed by atoms with Crippen LogP contribution in [0.2, 0.25) is 0 Å². The van der Waals surface area contributed by atoms with Crippen molar-refractivity contribution >= 4 is 17.8 Å². The van der Waals surface area contributed by atoms with E-state index in [1.807, 2.05) is 0 Å². The highest BCUT2D eigenvalue weighted by Gasteiger charge is 2.55. The highest BCUT2D eigenvalue weighted by Crippen LogP contribution is 2.28. The molecule has 1 rings (SSSR count). The lowest BCUT2D eigenvalue weighted by Gasteiger charge is -1.99. The summed E-state index contributed by atoms with van der Waals surface area (Å²) in [6.45, 7) is 1.42. The van der Waals surface area contributed by atoms with Gasteiger partial charge in [0, 0.05) is 0 Å². The predicted octanol–water partition coefficient (Wildman–Crippen LogP) is -0.437. The Kier molecular flexibility index (Phi) is 1.40. The van der Waals surface area contributed by atoms with E-state index < -0.39 is 11.4 Å². The van der Waals surface area contributed by atoms with E-state index in [4.69, 9.17) is 5.41 Å². The van der Waals surface area contributed by atoms with Gasteiger partial charge in [-0.15, -0.1) is 0 Å². The lowest BCUT2D eigenvalue weighted by Crippen LogP contribution is -2.32. The molecule has 0 aromatic carbocycles. The van der Waals surface area contributed by atoms with Gasteiger partial charge in [-0.25, -0.2) is 0 Å². The van der Waals surface area contributed by atoms with Crippen LogP contribution in [-0.4, -0.2) is 30.0 Å². The average Bonchev–Trinajstić information content (AvgIpc) is 2.65. The Labute approximate surface area is 57.7 Å². The SMILES string of the molecule is CC(=O)[C@@]1(C(=O)C=N)CO1. The van der Waals surface area contributed by atoms with Crippen LogP contribution in [0, 0.1) is 5.41 Å². The maximum atomic E-state index is 10.7. The van der Waals surface area contributed by atoms with Crippen molar-refractivity contribution in [3.8, 4) is 0 Å². The molecule has 0 radical (unpaired) electrons. The van der Waals surface area contributed by atoms with Crippen LogP contribution in [0.5, 0.6) is 0 Å². The molecule has 1 saturated heterocycles. The molecule has 4 heteroatoms. The van der Waals surface area contributed by atoms with Crippen LogP contribution in [0.15, 0.2) is 0 Å². The summed E-state index contributed by atoms with van der Waals surface area (Å²) in [4.78, 5) is 21.4. The van der Waals surface area contributed by atoms with Crippen molar-refractivity contribution in [1.29, 1.82) is 5.41 Å². The first kappa shape index (κ1) is 7.08. The summed E-state index contributed by atoms with van der Waals surface area (Å²) in [5.41, 5.74) is -1.26. The Morgan fingerprint density at radius 3 is 2.30 bits per heavy atom. The van der Waals surface area contributed by atoms with E-state index in [2.05, 4.69) is 4.74 Å². The lowest BCUT2D eigenvalue weighted by molar-refractivity contribution is -0.129. The smallest absolute Gasteiger partial charge is 0.214 e. The van der Waals surface area contributed by atoms with Crippen LogP contribution in [0.4, 0.5) is 0 Å². The molecule has 0 aliphatic carbocycles. The highest BCUT2D eigenvalue weighted by molar-refractivity contribution is 6.37. The number of Topliss-reactive ketones (excluding diaryl/α,β-unsaturated/α-hetero) is 2. The standard InChI is InChI=1S/C6H7NO3/c1-4(8)6(3-10-6)5(9)2-7/h2,7H,3H2,1H3/t6-/m1/s1. The molecule has 1 N–H and O–H groups in total. The predicted molar refractivity (Wildman–Crippen MR) is 33.2 cm³/mol. The van der Waals surface area contributed by atoms with Crippen LogP contribution >= 0.6 is 0 Å². The van der Waals surface area contributed by atoms with Gasteiger partial charge in [0.1, 0.15) is 0 Å². The summed E-state index contributed by atoms with van der Waals surface area (Å²) in [6.07, 6.45) is 0.619. The van der Waals surface area contributed by atoms with E-state index in [9.17, 15) is 9.59 Å². The van der Waals surface area contributed by atoms with Crippen LogP contribution in [0.25, 0.3) is 0 Å². The maximum absolute atomic E-state index is 10.7. The molecule has 10 heavy (non-hydrogen) atoms. The molecule has 1 atom stereocenters. The van der Waals surface area contributed by atoms with Gasteiger partial charge in [-0.3, -0.25) is 9.59 Å². The number of rotatable bonds is 3. The maximum Gasteiger partial charge on any atom is 0.214 e. The number of hydrogen-bond acceptors (Lipinski definition) is 4. The third-order valence-electron chi connectivity index (χ3n) is 1.53. The molecule has 0 aromatic heterocycles. The third-order valence-corrected chi connectivity index (χ3v) is 1.53. The van der Waals surface area contributed by atoms with E-state index in [0.29, 0.717) is 6.21 Å². The quantitative estimate of drug-likeness (QED) is 0.329. The Hall–Kier alpha value is -1.03. The Balaban J connectivity index is 2.79. The summed E-state index contributed by atoms with van der Waals surface area (Å²) < 4.78 is 4.66. The molecule has 1 aliphatic heterocycles. The summed E-state index contributed by atoms with van der Waals surface area (Å²) in [6, 6.07) is 0. The molecule has 0 aromatic rings. The number of carbonyl (C=O) groups is 2. The number of ketones is 2. The van der Waals surface area contributed by atoms with Crippen molar-refractivity contribution in [1.82, 2.24) is 0 Å². The van der Waals surface area contributed by atoms with Gasteiger partial charge < -0.3 is 10.1 Å². The Morgan fingerprint density at radius 2 is 2.20 bits per heavy atom. The molecular weight excluding hydrogens is 134 g/mol. The molecule has 0 saturated carbocycles. The van der Waals surface area contributed by atoms with Crippen molar-refractivity contribution < 1.29 is 14.3 Å². The molecule has 4 nitrogen and oxygen atoms in total. The number of hydrogen-bond donors (Lipinski definition) is 1. The summed E-state index contributed by atoms with van der Waals surface area (Å²) in [7, 11) is 0. The molecule has 0 amide bonds. The summed E-state index contributed by atoms with van der Waals surface area (Å²) in [5.74, 6) is -0.874. The van der Waals surface area contributed by atoms with Crippen molar-refractivity contribution in [2.75, 3.05) is 6.61 Å². The van der Waals surface area contributed by atoms with Crippen molar-refractivity contribution in [3.63, 3.8) is 0 Å². The summed E-state index contributed by atoms with van der Waals surface area (Å²) in [5, 5.41) is 6.59. The normalized spacial score (nSPS) is 29.3. The largest absolute Gasteiger partial charge is 0.353 e. The average molecular weight is 141 g/mol. The first-order valence-electron chi connectivity index (χ1n) is 2.83. The molecule has 1 aliphatic rings. The van der Waals surface area contributed by atoms with Gasteiger partial charge in [0.05, 0.1) is 12.8 Å². The molecule has 54 valence electrons. The lowest BCUT2D eigenvalue weighted by atomic mass is 10.0. The monoisotopic (exact) mass is 141 g/mol. The van der Waals surface area contributed by atoms with Crippen molar-refractivity contribution in [2.24, 2.45) is 0 Å². The number of nitrogens with one attached hydrogen (secondary N) is 1. The van der Waals surface area contributed by atoms with Crippen LogP contribution in [-0.2, 0) is 14.3 Å². The minimum absolute atomic E-state index is 0.135. The van der Waals surface area contributed by atoms with E-state index in [1.165, 1.54) is 6.92 Å². The van der Waals surface area contributed by atoms with Gasteiger partial charge in [0.25, 0.3) is 0 Å². The first-order valence-corrected chi connectivity index (χ1v) is 2.83. The zero-order chi connectivity index (χ0) is 7.78. The van der Waals surface area contributed by atoms with Gasteiger partial charge in [-0.2, -0.15) is 0 Å². The van der Waals surface area contributed by atoms with Gasteiger partial charge in [0.15, 0.2) is 5.78 Å². The van der Waals surface area contributed by atoms with Crippen molar-refractivity contribution in [2.45, 2.75) is 12.5 Å². The van der Waals surface area contributed by atoms with E-state index in [-0.39, 0.29) is 12.4 Å². The minimum Gasteiger partial charge on any atom is -0.353 e. The first-order chi connectivity index (χ1) is 4.63. The molecule has 0 bridgehead atoms. The Morgan fingerprint density at radius 1 is 1.70 bits per heavy atom. The second-order valence-electron chi connectivity index (χ2n) is 2.18. The van der Waals surface area contributed by atoms with Crippen LogP contribution in [0.3, 0.4) is 0 Å². The molecular formula is C6H7NO3. The van der Waals surface area contributed by atoms with Gasteiger partial charge in [-0.1, -0.05) is 0 Å². The number of epoxide rings is 1. The van der Waals surface area contributed by atoms with Gasteiger partial charge in [0.2, 0.25) is 11.4 Å². The van der Waals surface area contributed by atoms with Crippen molar-refractivity contribution in [3.05, 3.63) is 0 Å². The Bertz CT molecular complexity index is 205. The highest BCUT2D eigenvalue weighted by atomic mass is 16.6. The van der Waals surface area contributed by atoms with E-state index in [1.54, 1.807) is 0 Å². The zero-order valence-corrected chi connectivity index (χ0v) is 5.51. The molecule has 0 unspecified atom stereocenters. The van der Waals surface area contributed by atoms with Gasteiger partial charge >= 0.3 is 0 Å². The van der Waals surface area contributed by atoms with E-state index >= 15 is 0 Å². The molecule has 1 heterocycles. The topological polar surface area (TPSA) is 70.5 Å². The third kappa shape index (κ3) is 0.769. The fourth-order valence-electron chi connectivity index (χ4n) is 0.708. The molecule has 1 fully saturated rings. The van der Waals surface area contributed by atoms with Gasteiger partial charge in [-0.05, 0) is 6.92 Å². The summed E-state index contributed by atoms with van der Waals surface area (Å²) >= 11 is 0. The second-order valence-corrected chi connectivity index (χ2v) is 2.18. The van der Waals surface area contributed by atoms with Crippen LogP contribution < -0.4 is 0 Å².